The van der Waals surface area contributed by atoms with Gasteiger partial charge in [-0.15, -0.1) is 0 Å². The van der Waals surface area contributed by atoms with Gasteiger partial charge in [0.2, 0.25) is 0 Å². The molecule has 4 nitrogen and oxygen atoms in total. The van der Waals surface area contributed by atoms with E-state index in [1.165, 1.54) is 23.5 Å². The van der Waals surface area contributed by atoms with E-state index >= 15 is 0 Å². The molecule has 0 atom stereocenters. The topological polar surface area (TPSA) is 95.2 Å². The second-order valence-electron chi connectivity index (χ2n) is 5.47. The van der Waals surface area contributed by atoms with E-state index in [9.17, 15) is 21.0 Å². The van der Waals surface area contributed by atoms with E-state index in [0.29, 0.717) is 5.56 Å². The highest BCUT2D eigenvalue weighted by Gasteiger charge is 2.22. The molecule has 0 aliphatic carbocycles. The fourth-order valence-electron chi connectivity index (χ4n) is 2.62. The van der Waals surface area contributed by atoms with Crippen LogP contribution in [-0.4, -0.2) is 0 Å². The fourth-order valence-corrected chi connectivity index (χ4v) is 5.00. The summed E-state index contributed by atoms with van der Waals surface area (Å²) in [6.07, 6.45) is 1.72. The molecule has 0 aromatic heterocycles. The molecular weight excluding hydrogens is 384 g/mol. The molecular formula is C22H10N4S2. The van der Waals surface area contributed by atoms with Gasteiger partial charge < -0.3 is 0 Å². The highest BCUT2D eigenvalue weighted by atomic mass is 32.2. The van der Waals surface area contributed by atoms with Gasteiger partial charge in [0.15, 0.2) is 0 Å². The number of nitrogens with zero attached hydrogens (tertiary/aromatic N) is 4. The molecule has 2 aromatic rings. The van der Waals surface area contributed by atoms with E-state index in [4.69, 9.17) is 0 Å². The maximum atomic E-state index is 9.51. The van der Waals surface area contributed by atoms with E-state index in [1.54, 1.807) is 30.3 Å². The Bertz CT molecular complexity index is 1140. The Morgan fingerprint density at radius 3 is 1.68 bits per heavy atom. The first-order valence-electron chi connectivity index (χ1n) is 8.03. The van der Waals surface area contributed by atoms with Gasteiger partial charge in [-0.05, 0) is 23.8 Å². The summed E-state index contributed by atoms with van der Waals surface area (Å²) in [5, 5.41) is 38.0. The van der Waals surface area contributed by atoms with Crippen LogP contribution in [0, 0.1) is 45.3 Å². The summed E-state index contributed by atoms with van der Waals surface area (Å²) in [6, 6.07) is 24.4. The molecule has 1 aliphatic heterocycles. The summed E-state index contributed by atoms with van der Waals surface area (Å²) < 4.78 is 0.864. The van der Waals surface area contributed by atoms with Crippen molar-refractivity contribution < 1.29 is 0 Å². The SMILES string of the molecule is N#CC(C#N)=C(C=C1Sc2ccccc2S1)C(=C(C#N)C#N)c1ccccc1. The van der Waals surface area contributed by atoms with Crippen molar-refractivity contribution in [3.63, 3.8) is 0 Å². The monoisotopic (exact) mass is 394 g/mol. The minimum atomic E-state index is -0.147. The molecule has 0 spiro atoms. The van der Waals surface area contributed by atoms with Crippen LogP contribution in [-0.2, 0) is 0 Å². The van der Waals surface area contributed by atoms with Crippen LogP contribution in [0.1, 0.15) is 5.56 Å². The van der Waals surface area contributed by atoms with Crippen LogP contribution in [0.25, 0.3) is 5.57 Å². The molecule has 0 saturated heterocycles. The van der Waals surface area contributed by atoms with Gasteiger partial charge in [-0.1, -0.05) is 66.0 Å². The molecule has 3 rings (SSSR count). The first-order chi connectivity index (χ1) is 13.7. The van der Waals surface area contributed by atoms with Crippen molar-refractivity contribution >= 4 is 29.1 Å². The Labute approximate surface area is 171 Å². The van der Waals surface area contributed by atoms with Crippen molar-refractivity contribution in [2.45, 2.75) is 9.79 Å². The molecule has 0 saturated carbocycles. The maximum Gasteiger partial charge on any atom is 0.138 e. The highest BCUT2D eigenvalue weighted by molar-refractivity contribution is 8.24. The van der Waals surface area contributed by atoms with E-state index in [1.807, 2.05) is 54.6 Å². The van der Waals surface area contributed by atoms with Crippen molar-refractivity contribution in [2.24, 2.45) is 0 Å². The molecule has 28 heavy (non-hydrogen) atoms. The molecule has 0 bridgehead atoms. The Morgan fingerprint density at radius 2 is 1.18 bits per heavy atom. The Hall–Kier alpha value is -3.68. The third-order valence-corrected chi connectivity index (χ3v) is 6.25. The van der Waals surface area contributed by atoms with Gasteiger partial charge >= 0.3 is 0 Å². The zero-order valence-corrected chi connectivity index (χ0v) is 16.0. The normalized spacial score (nSPS) is 11.1. The average Bonchev–Trinajstić information content (AvgIpc) is 3.15. The third-order valence-electron chi connectivity index (χ3n) is 3.83. The Kier molecular flexibility index (Phi) is 6.01. The first kappa shape index (κ1) is 19.1. The Balaban J connectivity index is 2.24. The molecule has 6 heteroatoms. The molecule has 0 radical (unpaired) electrons. The summed E-state index contributed by atoms with van der Waals surface area (Å²) in [7, 11) is 0. The van der Waals surface area contributed by atoms with Crippen LogP contribution in [0.4, 0.5) is 0 Å². The first-order valence-corrected chi connectivity index (χ1v) is 9.66. The van der Waals surface area contributed by atoms with Crippen molar-refractivity contribution in [3.05, 3.63) is 87.2 Å². The molecule has 2 aromatic carbocycles. The highest BCUT2D eigenvalue weighted by Crippen LogP contribution is 2.51. The van der Waals surface area contributed by atoms with Crippen molar-refractivity contribution in [1.29, 1.82) is 21.0 Å². The number of benzene rings is 2. The molecule has 0 N–H and O–H groups in total. The van der Waals surface area contributed by atoms with Crippen LogP contribution < -0.4 is 0 Å². The van der Waals surface area contributed by atoms with E-state index < -0.39 is 0 Å². The largest absolute Gasteiger partial charge is 0.192 e. The lowest BCUT2D eigenvalue weighted by atomic mass is 9.91. The predicted molar refractivity (Wildman–Crippen MR) is 109 cm³/mol. The fraction of sp³-hybridized carbons (Fsp3) is 0. The minimum Gasteiger partial charge on any atom is -0.192 e. The van der Waals surface area contributed by atoms with Gasteiger partial charge in [0.1, 0.15) is 35.4 Å². The maximum absolute atomic E-state index is 9.51. The molecule has 1 aliphatic rings. The van der Waals surface area contributed by atoms with E-state index in [0.717, 1.165) is 14.0 Å². The van der Waals surface area contributed by atoms with Gasteiger partial charge in [-0.25, -0.2) is 0 Å². The van der Waals surface area contributed by atoms with Crippen molar-refractivity contribution in [2.75, 3.05) is 0 Å². The molecule has 0 amide bonds. The zero-order valence-electron chi connectivity index (χ0n) is 14.4. The van der Waals surface area contributed by atoms with Crippen molar-refractivity contribution in [1.82, 2.24) is 0 Å². The third kappa shape index (κ3) is 3.85. The molecule has 1 heterocycles. The molecule has 0 unspecified atom stereocenters. The van der Waals surface area contributed by atoms with Crippen LogP contribution >= 0.6 is 23.5 Å². The van der Waals surface area contributed by atoms with Crippen LogP contribution in [0.2, 0.25) is 0 Å². The minimum absolute atomic E-state index is 0.147. The number of hydrogen-bond donors (Lipinski definition) is 0. The van der Waals surface area contributed by atoms with E-state index in [-0.39, 0.29) is 22.3 Å². The van der Waals surface area contributed by atoms with Gasteiger partial charge in [0.25, 0.3) is 0 Å². The number of rotatable bonds is 3. The standard InChI is InChI=1S/C22H10N4S2/c23-11-16(12-24)18(10-21-27-19-8-4-5-9-20(19)28-21)22(17(13-25)14-26)15-6-2-1-3-7-15/h1-10H. The molecule has 0 fully saturated rings. The number of hydrogen-bond acceptors (Lipinski definition) is 6. The zero-order chi connectivity index (χ0) is 19.9. The lowest BCUT2D eigenvalue weighted by molar-refractivity contribution is 1.27. The number of nitriles is 4. The van der Waals surface area contributed by atoms with E-state index in [2.05, 4.69) is 0 Å². The summed E-state index contributed by atoms with van der Waals surface area (Å²) in [5.41, 5.74) is 0.865. The second-order valence-corrected chi connectivity index (χ2v) is 7.89. The predicted octanol–water partition coefficient (Wildman–Crippen LogP) is 5.57. The summed E-state index contributed by atoms with van der Waals surface area (Å²) in [4.78, 5) is 2.17. The molecule has 130 valence electrons. The smallest absolute Gasteiger partial charge is 0.138 e. The van der Waals surface area contributed by atoms with Gasteiger partial charge in [-0.3, -0.25) is 0 Å². The van der Waals surface area contributed by atoms with Gasteiger partial charge in [-0.2, -0.15) is 21.0 Å². The summed E-state index contributed by atoms with van der Waals surface area (Å²) in [6.45, 7) is 0. The number of fused-ring (bicyclic) bond motifs is 1. The summed E-state index contributed by atoms with van der Waals surface area (Å²) in [5.74, 6) is 0. The lowest BCUT2D eigenvalue weighted by Gasteiger charge is -2.11. The Morgan fingerprint density at radius 1 is 0.679 bits per heavy atom. The van der Waals surface area contributed by atoms with Gasteiger partial charge in [0.05, 0.1) is 4.24 Å². The van der Waals surface area contributed by atoms with Crippen molar-refractivity contribution in [3.8, 4) is 24.3 Å². The van der Waals surface area contributed by atoms with Crippen LogP contribution in [0.3, 0.4) is 0 Å². The number of allylic oxidation sites excluding steroid dienone is 5. The van der Waals surface area contributed by atoms with Gasteiger partial charge in [0, 0.05) is 20.9 Å². The van der Waals surface area contributed by atoms with Crippen LogP contribution in [0.5, 0.6) is 0 Å². The average molecular weight is 394 g/mol. The summed E-state index contributed by atoms with van der Waals surface area (Å²) >= 11 is 3.05. The van der Waals surface area contributed by atoms with Crippen LogP contribution in [0.15, 0.2) is 91.4 Å². The lowest BCUT2D eigenvalue weighted by Crippen LogP contribution is -1.96. The number of thioether (sulfide) groups is 2. The second kappa shape index (κ2) is 8.81. The quantitative estimate of drug-likeness (QED) is 0.499.